The molecular formula is C14H19ClN2O2. The van der Waals surface area contributed by atoms with E-state index in [4.69, 9.17) is 16.7 Å². The average Bonchev–Trinajstić information content (AvgIpc) is 2.37. The van der Waals surface area contributed by atoms with Crippen molar-refractivity contribution in [1.82, 2.24) is 4.98 Å². The molecule has 2 rings (SSSR count). The van der Waals surface area contributed by atoms with Crippen LogP contribution in [0.1, 0.15) is 43.0 Å². The molecular weight excluding hydrogens is 264 g/mol. The summed E-state index contributed by atoms with van der Waals surface area (Å²) in [5, 5.41) is 9.30. The maximum absolute atomic E-state index is 11.1. The number of halogens is 1. The fourth-order valence-corrected chi connectivity index (χ4v) is 3.03. The van der Waals surface area contributed by atoms with Crippen LogP contribution in [0.5, 0.6) is 0 Å². The van der Waals surface area contributed by atoms with Gasteiger partial charge in [0, 0.05) is 13.1 Å². The number of anilines is 1. The Hall–Kier alpha value is -1.29. The second-order valence-electron chi connectivity index (χ2n) is 5.28. The van der Waals surface area contributed by atoms with E-state index in [9.17, 15) is 4.79 Å². The average molecular weight is 283 g/mol. The van der Waals surface area contributed by atoms with Gasteiger partial charge in [0.05, 0.1) is 5.56 Å². The quantitative estimate of drug-likeness (QED) is 0.863. The van der Waals surface area contributed by atoms with E-state index in [1.165, 1.54) is 25.3 Å². The van der Waals surface area contributed by atoms with Crippen LogP contribution < -0.4 is 4.90 Å². The van der Waals surface area contributed by atoms with E-state index in [0.717, 1.165) is 6.42 Å². The highest BCUT2D eigenvalue weighted by molar-refractivity contribution is 6.29. The van der Waals surface area contributed by atoms with Crippen molar-refractivity contribution < 1.29 is 9.90 Å². The summed E-state index contributed by atoms with van der Waals surface area (Å²) < 4.78 is 0. The maximum Gasteiger partial charge on any atom is 0.335 e. The van der Waals surface area contributed by atoms with Crippen LogP contribution in [0.2, 0.25) is 5.15 Å². The van der Waals surface area contributed by atoms with Gasteiger partial charge in [-0.2, -0.15) is 0 Å². The SMILES string of the molecule is CC1CCCCC1N(C)c1cc(C(=O)O)cc(Cl)n1. The molecule has 0 aliphatic heterocycles. The van der Waals surface area contributed by atoms with E-state index in [-0.39, 0.29) is 10.7 Å². The van der Waals surface area contributed by atoms with E-state index >= 15 is 0 Å². The lowest BCUT2D eigenvalue weighted by Crippen LogP contribution is -2.39. The largest absolute Gasteiger partial charge is 0.478 e. The third-order valence-corrected chi connectivity index (χ3v) is 4.15. The lowest BCUT2D eigenvalue weighted by atomic mass is 9.85. The highest BCUT2D eigenvalue weighted by atomic mass is 35.5. The number of rotatable bonds is 3. The Labute approximate surface area is 118 Å². The van der Waals surface area contributed by atoms with Crippen LogP contribution in [-0.4, -0.2) is 29.1 Å². The lowest BCUT2D eigenvalue weighted by Gasteiger charge is -2.37. The van der Waals surface area contributed by atoms with Crippen molar-refractivity contribution in [2.75, 3.05) is 11.9 Å². The zero-order valence-corrected chi connectivity index (χ0v) is 12.0. The number of carboxylic acids is 1. The molecule has 1 N–H and O–H groups in total. The first-order valence-corrected chi connectivity index (χ1v) is 7.00. The van der Waals surface area contributed by atoms with Crippen molar-refractivity contribution in [3.63, 3.8) is 0 Å². The van der Waals surface area contributed by atoms with Crippen molar-refractivity contribution in [2.24, 2.45) is 5.92 Å². The molecule has 0 saturated heterocycles. The third kappa shape index (κ3) is 3.18. The number of carboxylic acid groups (broad SMARTS) is 1. The molecule has 0 aromatic carbocycles. The molecule has 0 radical (unpaired) electrons. The number of hydrogen-bond donors (Lipinski definition) is 1. The Morgan fingerprint density at radius 2 is 2.11 bits per heavy atom. The Morgan fingerprint density at radius 1 is 1.42 bits per heavy atom. The highest BCUT2D eigenvalue weighted by Crippen LogP contribution is 2.30. The fourth-order valence-electron chi connectivity index (χ4n) is 2.83. The summed E-state index contributed by atoms with van der Waals surface area (Å²) in [6.45, 7) is 2.24. The van der Waals surface area contributed by atoms with Crippen molar-refractivity contribution in [3.8, 4) is 0 Å². The minimum absolute atomic E-state index is 0.185. The van der Waals surface area contributed by atoms with Gasteiger partial charge in [-0.1, -0.05) is 31.4 Å². The molecule has 1 heterocycles. The van der Waals surface area contributed by atoms with Gasteiger partial charge in [0.1, 0.15) is 11.0 Å². The number of nitrogens with zero attached hydrogens (tertiary/aromatic N) is 2. The first-order valence-electron chi connectivity index (χ1n) is 6.62. The second kappa shape index (κ2) is 5.78. The molecule has 2 atom stereocenters. The number of carbonyl (C=O) groups is 1. The van der Waals surface area contributed by atoms with Crippen molar-refractivity contribution in [1.29, 1.82) is 0 Å². The summed E-state index contributed by atoms with van der Waals surface area (Å²) >= 11 is 5.91. The standard InChI is InChI=1S/C14H19ClN2O2/c1-9-5-3-4-6-11(9)17(2)13-8-10(14(18)19)7-12(15)16-13/h7-9,11H,3-6H2,1-2H3,(H,18,19). The van der Waals surface area contributed by atoms with Gasteiger partial charge in [0.2, 0.25) is 0 Å². The topological polar surface area (TPSA) is 53.4 Å². The van der Waals surface area contributed by atoms with E-state index in [1.54, 1.807) is 6.07 Å². The minimum Gasteiger partial charge on any atom is -0.478 e. The van der Waals surface area contributed by atoms with Crippen LogP contribution in [-0.2, 0) is 0 Å². The highest BCUT2D eigenvalue weighted by Gasteiger charge is 2.26. The maximum atomic E-state index is 11.1. The molecule has 4 nitrogen and oxygen atoms in total. The molecule has 104 valence electrons. The number of pyridine rings is 1. The Bertz CT molecular complexity index is 479. The number of aromatic carboxylic acids is 1. The van der Waals surface area contributed by atoms with Crippen molar-refractivity contribution in [2.45, 2.75) is 38.6 Å². The molecule has 1 fully saturated rings. The van der Waals surface area contributed by atoms with Crippen LogP contribution in [0.4, 0.5) is 5.82 Å². The van der Waals surface area contributed by atoms with Crippen LogP contribution in [0.15, 0.2) is 12.1 Å². The van der Waals surface area contributed by atoms with Crippen LogP contribution in [0.3, 0.4) is 0 Å². The number of aromatic nitrogens is 1. The molecule has 5 heteroatoms. The summed E-state index contributed by atoms with van der Waals surface area (Å²) in [6.07, 6.45) is 4.82. The van der Waals surface area contributed by atoms with Gasteiger partial charge >= 0.3 is 5.97 Å². The van der Waals surface area contributed by atoms with Gasteiger partial charge in [0.15, 0.2) is 0 Å². The van der Waals surface area contributed by atoms with Gasteiger partial charge < -0.3 is 10.0 Å². The van der Waals surface area contributed by atoms with Gasteiger partial charge in [-0.3, -0.25) is 0 Å². The van der Waals surface area contributed by atoms with Crippen LogP contribution in [0.25, 0.3) is 0 Å². The summed E-state index contributed by atoms with van der Waals surface area (Å²) in [6, 6.07) is 3.38. The van der Waals surface area contributed by atoms with E-state index < -0.39 is 5.97 Å². The smallest absolute Gasteiger partial charge is 0.335 e. The van der Waals surface area contributed by atoms with E-state index in [1.807, 2.05) is 7.05 Å². The molecule has 1 aromatic rings. The molecule has 1 aromatic heterocycles. The number of hydrogen-bond acceptors (Lipinski definition) is 3. The minimum atomic E-state index is -0.976. The van der Waals surface area contributed by atoms with Gasteiger partial charge in [-0.05, 0) is 30.9 Å². The Balaban J connectivity index is 2.27. The zero-order chi connectivity index (χ0) is 14.0. The van der Waals surface area contributed by atoms with E-state index in [0.29, 0.717) is 17.8 Å². The summed E-state index contributed by atoms with van der Waals surface area (Å²) in [5.41, 5.74) is 0.185. The Kier molecular flexibility index (Phi) is 4.30. The van der Waals surface area contributed by atoms with E-state index in [2.05, 4.69) is 16.8 Å². The second-order valence-corrected chi connectivity index (χ2v) is 5.67. The third-order valence-electron chi connectivity index (χ3n) is 3.95. The van der Waals surface area contributed by atoms with Crippen LogP contribution in [0, 0.1) is 5.92 Å². The molecule has 0 amide bonds. The summed E-state index contributed by atoms with van der Waals surface area (Å²) in [7, 11) is 1.97. The van der Waals surface area contributed by atoms with Crippen molar-refractivity contribution in [3.05, 3.63) is 22.8 Å². The molecule has 19 heavy (non-hydrogen) atoms. The fraction of sp³-hybridized carbons (Fsp3) is 0.571. The molecule has 2 unspecified atom stereocenters. The molecule has 1 saturated carbocycles. The first-order chi connectivity index (χ1) is 8.99. The molecule has 1 aliphatic rings. The predicted molar refractivity (Wildman–Crippen MR) is 76.0 cm³/mol. The van der Waals surface area contributed by atoms with Gasteiger partial charge in [-0.25, -0.2) is 9.78 Å². The monoisotopic (exact) mass is 282 g/mol. The first kappa shape index (κ1) is 14.1. The lowest BCUT2D eigenvalue weighted by molar-refractivity contribution is 0.0697. The molecule has 0 spiro atoms. The normalized spacial score (nSPS) is 23.1. The summed E-state index contributed by atoms with van der Waals surface area (Å²) in [4.78, 5) is 17.4. The predicted octanol–water partition coefficient (Wildman–Crippen LogP) is 3.45. The van der Waals surface area contributed by atoms with Gasteiger partial charge in [-0.15, -0.1) is 0 Å². The Morgan fingerprint density at radius 3 is 2.74 bits per heavy atom. The zero-order valence-electron chi connectivity index (χ0n) is 11.3. The van der Waals surface area contributed by atoms with Crippen LogP contribution >= 0.6 is 11.6 Å². The summed E-state index contributed by atoms with van der Waals surface area (Å²) in [5.74, 6) is 0.257. The molecule has 1 aliphatic carbocycles. The van der Waals surface area contributed by atoms with Crippen molar-refractivity contribution >= 4 is 23.4 Å². The van der Waals surface area contributed by atoms with Gasteiger partial charge in [0.25, 0.3) is 0 Å². The molecule has 0 bridgehead atoms.